The lowest BCUT2D eigenvalue weighted by atomic mass is 10.0. The molecule has 1 aliphatic rings. The Morgan fingerprint density at radius 3 is 2.60 bits per heavy atom. The molecule has 0 spiro atoms. The summed E-state index contributed by atoms with van der Waals surface area (Å²) in [6.07, 6.45) is -0.216. The number of ether oxygens (including phenoxy) is 1. The highest BCUT2D eigenvalue weighted by molar-refractivity contribution is 5.10. The van der Waals surface area contributed by atoms with Crippen molar-refractivity contribution in [1.29, 1.82) is 0 Å². The molecule has 58 valence electrons. The molecule has 1 rings (SSSR count). The van der Waals surface area contributed by atoms with E-state index in [0.29, 0.717) is 0 Å². The number of hydrogen-bond donors (Lipinski definition) is 2. The van der Waals surface area contributed by atoms with Gasteiger partial charge in [0, 0.05) is 0 Å². The summed E-state index contributed by atoms with van der Waals surface area (Å²) in [7, 11) is 0. The van der Waals surface area contributed by atoms with Crippen LogP contribution in [0.1, 0.15) is 13.8 Å². The SMILES string of the molecule is CC1=CC(O)O[C@@H](C)[C@H]1O. The summed E-state index contributed by atoms with van der Waals surface area (Å²) in [4.78, 5) is 0. The summed E-state index contributed by atoms with van der Waals surface area (Å²) >= 11 is 0. The molecule has 3 atom stereocenters. The summed E-state index contributed by atoms with van der Waals surface area (Å²) in [5, 5.41) is 18.2. The van der Waals surface area contributed by atoms with Crippen LogP contribution in [0.2, 0.25) is 0 Å². The molecule has 0 aliphatic carbocycles. The Kier molecular flexibility index (Phi) is 2.08. The Morgan fingerprint density at radius 2 is 2.10 bits per heavy atom. The average molecular weight is 144 g/mol. The Bertz CT molecular complexity index is 153. The fourth-order valence-corrected chi connectivity index (χ4v) is 1.03. The predicted octanol–water partition coefficient (Wildman–Crippen LogP) is 0.0307. The first-order chi connectivity index (χ1) is 4.61. The molecule has 0 radical (unpaired) electrons. The monoisotopic (exact) mass is 144 g/mol. The van der Waals surface area contributed by atoms with Gasteiger partial charge in [-0.1, -0.05) is 0 Å². The first-order valence-corrected chi connectivity index (χ1v) is 3.31. The topological polar surface area (TPSA) is 49.7 Å². The normalized spacial score (nSPS) is 41.2. The molecule has 0 amide bonds. The average Bonchev–Trinajstić information content (AvgIpc) is 1.82. The van der Waals surface area contributed by atoms with E-state index in [4.69, 9.17) is 9.84 Å². The molecule has 0 bridgehead atoms. The number of hydrogen-bond acceptors (Lipinski definition) is 3. The van der Waals surface area contributed by atoms with Gasteiger partial charge in [0.25, 0.3) is 0 Å². The maximum absolute atomic E-state index is 9.26. The van der Waals surface area contributed by atoms with Gasteiger partial charge in [0.1, 0.15) is 6.10 Å². The molecular weight excluding hydrogens is 132 g/mol. The van der Waals surface area contributed by atoms with Gasteiger partial charge in [-0.3, -0.25) is 0 Å². The van der Waals surface area contributed by atoms with Gasteiger partial charge < -0.3 is 14.9 Å². The molecule has 3 nitrogen and oxygen atoms in total. The maximum atomic E-state index is 9.26. The zero-order chi connectivity index (χ0) is 7.72. The molecule has 0 fully saturated rings. The summed E-state index contributed by atoms with van der Waals surface area (Å²) in [6, 6.07) is 0. The van der Waals surface area contributed by atoms with Gasteiger partial charge in [-0.25, -0.2) is 0 Å². The van der Waals surface area contributed by atoms with Crippen LogP contribution in [0.4, 0.5) is 0 Å². The molecule has 1 heterocycles. The number of aliphatic hydroxyl groups is 2. The van der Waals surface area contributed by atoms with Gasteiger partial charge in [0.15, 0.2) is 6.29 Å². The molecule has 0 saturated carbocycles. The fraction of sp³-hybridized carbons (Fsp3) is 0.714. The maximum Gasteiger partial charge on any atom is 0.174 e. The summed E-state index contributed by atoms with van der Waals surface area (Å²) in [6.45, 7) is 3.50. The Labute approximate surface area is 59.9 Å². The van der Waals surface area contributed by atoms with E-state index < -0.39 is 12.4 Å². The smallest absolute Gasteiger partial charge is 0.174 e. The molecule has 0 aromatic carbocycles. The lowest BCUT2D eigenvalue weighted by Crippen LogP contribution is -2.35. The van der Waals surface area contributed by atoms with Crippen LogP contribution in [-0.4, -0.2) is 28.7 Å². The number of rotatable bonds is 0. The first-order valence-electron chi connectivity index (χ1n) is 3.31. The van der Waals surface area contributed by atoms with Crippen LogP contribution in [0.25, 0.3) is 0 Å². The van der Waals surface area contributed by atoms with E-state index in [1.807, 2.05) is 0 Å². The fourth-order valence-electron chi connectivity index (χ4n) is 1.03. The van der Waals surface area contributed by atoms with Crippen LogP contribution in [-0.2, 0) is 4.74 Å². The summed E-state index contributed by atoms with van der Waals surface area (Å²) in [5.74, 6) is 0. The van der Waals surface area contributed by atoms with Crippen molar-refractivity contribution in [2.45, 2.75) is 32.3 Å². The standard InChI is InChI=1S/C7H12O3/c1-4-3-6(8)10-5(2)7(4)9/h3,5-9H,1-2H3/t5-,6?,7-/m0/s1. The van der Waals surface area contributed by atoms with Crippen molar-refractivity contribution in [3.63, 3.8) is 0 Å². The molecular formula is C7H12O3. The van der Waals surface area contributed by atoms with Crippen molar-refractivity contribution >= 4 is 0 Å². The second-order valence-corrected chi connectivity index (χ2v) is 2.59. The van der Waals surface area contributed by atoms with Crippen LogP contribution in [0, 0.1) is 0 Å². The third-order valence-electron chi connectivity index (χ3n) is 1.67. The summed E-state index contributed by atoms with van der Waals surface area (Å²) < 4.78 is 4.90. The minimum absolute atomic E-state index is 0.306. The second kappa shape index (κ2) is 2.70. The molecule has 1 unspecified atom stereocenters. The lowest BCUT2D eigenvalue weighted by molar-refractivity contribution is -0.138. The molecule has 0 saturated heterocycles. The Hall–Kier alpha value is -0.380. The van der Waals surface area contributed by atoms with Crippen molar-refractivity contribution in [1.82, 2.24) is 0 Å². The van der Waals surface area contributed by atoms with Gasteiger partial charge in [0.05, 0.1) is 6.10 Å². The highest BCUT2D eigenvalue weighted by atomic mass is 16.6. The lowest BCUT2D eigenvalue weighted by Gasteiger charge is -2.27. The van der Waals surface area contributed by atoms with E-state index >= 15 is 0 Å². The Morgan fingerprint density at radius 1 is 1.50 bits per heavy atom. The van der Waals surface area contributed by atoms with Crippen molar-refractivity contribution in [2.75, 3.05) is 0 Å². The van der Waals surface area contributed by atoms with Crippen LogP contribution < -0.4 is 0 Å². The van der Waals surface area contributed by atoms with Crippen LogP contribution >= 0.6 is 0 Å². The van der Waals surface area contributed by atoms with E-state index in [-0.39, 0.29) is 6.10 Å². The van der Waals surface area contributed by atoms with Crippen molar-refractivity contribution in [3.05, 3.63) is 11.6 Å². The second-order valence-electron chi connectivity index (χ2n) is 2.59. The largest absolute Gasteiger partial charge is 0.386 e. The van der Waals surface area contributed by atoms with E-state index in [1.165, 1.54) is 6.08 Å². The third-order valence-corrected chi connectivity index (χ3v) is 1.67. The van der Waals surface area contributed by atoms with E-state index in [2.05, 4.69) is 0 Å². The highest BCUT2D eigenvalue weighted by Gasteiger charge is 2.24. The van der Waals surface area contributed by atoms with Crippen LogP contribution in [0.3, 0.4) is 0 Å². The van der Waals surface area contributed by atoms with E-state index in [9.17, 15) is 5.11 Å². The van der Waals surface area contributed by atoms with E-state index in [0.717, 1.165) is 5.57 Å². The van der Waals surface area contributed by atoms with Crippen molar-refractivity contribution in [2.24, 2.45) is 0 Å². The molecule has 0 aromatic heterocycles. The zero-order valence-corrected chi connectivity index (χ0v) is 6.11. The van der Waals surface area contributed by atoms with Crippen LogP contribution in [0.15, 0.2) is 11.6 Å². The first kappa shape index (κ1) is 7.72. The molecule has 2 N–H and O–H groups in total. The molecule has 1 aliphatic heterocycles. The third kappa shape index (κ3) is 1.37. The van der Waals surface area contributed by atoms with Gasteiger partial charge >= 0.3 is 0 Å². The summed E-state index contributed by atoms with van der Waals surface area (Å²) in [5.41, 5.74) is 0.770. The van der Waals surface area contributed by atoms with Crippen LogP contribution in [0.5, 0.6) is 0 Å². The predicted molar refractivity (Wildman–Crippen MR) is 36.3 cm³/mol. The van der Waals surface area contributed by atoms with Crippen molar-refractivity contribution in [3.8, 4) is 0 Å². The van der Waals surface area contributed by atoms with E-state index in [1.54, 1.807) is 13.8 Å². The molecule has 0 aromatic rings. The minimum atomic E-state index is -0.849. The van der Waals surface area contributed by atoms with Gasteiger partial charge in [-0.2, -0.15) is 0 Å². The molecule has 3 heteroatoms. The highest BCUT2D eigenvalue weighted by Crippen LogP contribution is 2.17. The Balaban J connectivity index is 2.71. The van der Waals surface area contributed by atoms with Crippen molar-refractivity contribution < 1.29 is 14.9 Å². The van der Waals surface area contributed by atoms with Gasteiger partial charge in [-0.05, 0) is 25.5 Å². The molecule has 10 heavy (non-hydrogen) atoms. The van der Waals surface area contributed by atoms with Gasteiger partial charge in [0.2, 0.25) is 0 Å². The van der Waals surface area contributed by atoms with Gasteiger partial charge in [-0.15, -0.1) is 0 Å². The zero-order valence-electron chi connectivity index (χ0n) is 6.11. The minimum Gasteiger partial charge on any atom is -0.386 e. The number of aliphatic hydroxyl groups excluding tert-OH is 2. The quantitative estimate of drug-likeness (QED) is 0.471.